The van der Waals surface area contributed by atoms with Crippen LogP contribution >= 0.6 is 0 Å². The van der Waals surface area contributed by atoms with Crippen molar-refractivity contribution in [1.29, 1.82) is 0 Å². The average molecular weight is 196 g/mol. The maximum absolute atomic E-state index is 11.2. The largest absolute Gasteiger partial charge is 0.311 e. The van der Waals surface area contributed by atoms with Crippen LogP contribution in [0.2, 0.25) is 0 Å². The van der Waals surface area contributed by atoms with Gasteiger partial charge in [-0.2, -0.15) is 5.10 Å². The molecule has 0 aliphatic carbocycles. The van der Waals surface area contributed by atoms with Crippen LogP contribution in [0, 0.1) is 0 Å². The fourth-order valence-electron chi connectivity index (χ4n) is 1.04. The maximum atomic E-state index is 11.2. The van der Waals surface area contributed by atoms with Crippen molar-refractivity contribution >= 4 is 11.7 Å². The van der Waals surface area contributed by atoms with Gasteiger partial charge in [-0.3, -0.25) is 9.89 Å². The Kier molecular flexibility index (Phi) is 3.64. The van der Waals surface area contributed by atoms with Crippen LogP contribution < -0.4 is 10.6 Å². The van der Waals surface area contributed by atoms with Gasteiger partial charge in [-0.25, -0.2) is 0 Å². The van der Waals surface area contributed by atoms with Crippen LogP contribution in [0.25, 0.3) is 0 Å². The third-order valence-electron chi connectivity index (χ3n) is 1.82. The predicted molar refractivity (Wildman–Crippen MR) is 55.2 cm³/mol. The normalized spacial score (nSPS) is 10.6. The van der Waals surface area contributed by atoms with Crippen molar-refractivity contribution in [3.8, 4) is 0 Å². The van der Waals surface area contributed by atoms with Gasteiger partial charge in [-0.15, -0.1) is 0 Å². The molecule has 5 nitrogen and oxygen atoms in total. The number of nitrogens with zero attached hydrogens (tertiary/aromatic N) is 1. The molecule has 0 unspecified atom stereocenters. The van der Waals surface area contributed by atoms with Crippen molar-refractivity contribution in [3.05, 3.63) is 11.8 Å². The Labute approximate surface area is 83.3 Å². The zero-order valence-corrected chi connectivity index (χ0v) is 8.72. The number of H-pyrrole nitrogens is 1. The molecule has 0 fully saturated rings. The number of likely N-dealkylation sites (N-methyl/N-ethyl adjacent to an activating group) is 1. The molecular formula is C9H16N4O. The van der Waals surface area contributed by atoms with Crippen LogP contribution in [0.4, 0.5) is 5.82 Å². The molecule has 0 saturated heterocycles. The Morgan fingerprint density at radius 3 is 2.86 bits per heavy atom. The summed E-state index contributed by atoms with van der Waals surface area (Å²) in [4.78, 5) is 11.2. The highest BCUT2D eigenvalue weighted by Gasteiger charge is 2.06. The van der Waals surface area contributed by atoms with Gasteiger partial charge in [0.05, 0.1) is 6.54 Å². The topological polar surface area (TPSA) is 69.8 Å². The summed E-state index contributed by atoms with van der Waals surface area (Å²) in [6.07, 6.45) is 0. The first-order valence-corrected chi connectivity index (χ1v) is 4.63. The third kappa shape index (κ3) is 2.85. The molecule has 0 atom stereocenters. The molecule has 0 aliphatic rings. The molecule has 0 aromatic carbocycles. The van der Waals surface area contributed by atoms with E-state index < -0.39 is 0 Å². The zero-order chi connectivity index (χ0) is 10.6. The Morgan fingerprint density at radius 2 is 2.36 bits per heavy atom. The van der Waals surface area contributed by atoms with Gasteiger partial charge in [-0.05, 0) is 13.0 Å². The lowest BCUT2D eigenvalue weighted by atomic mass is 10.1. The summed E-state index contributed by atoms with van der Waals surface area (Å²) in [5.41, 5.74) is 1.02. The van der Waals surface area contributed by atoms with E-state index >= 15 is 0 Å². The molecule has 1 heterocycles. The molecule has 0 aliphatic heterocycles. The van der Waals surface area contributed by atoms with Crippen LogP contribution in [0.3, 0.4) is 0 Å². The van der Waals surface area contributed by atoms with Crippen molar-refractivity contribution in [2.75, 3.05) is 18.9 Å². The van der Waals surface area contributed by atoms with Gasteiger partial charge in [0, 0.05) is 11.8 Å². The standard InChI is InChI=1S/C9H16N4O/c1-6(2)7-4-8(13-12-7)11-9(14)5-10-3/h4,6,10H,5H2,1-3H3,(H2,11,12,13,14). The van der Waals surface area contributed by atoms with E-state index in [2.05, 4.69) is 34.7 Å². The number of rotatable bonds is 4. The van der Waals surface area contributed by atoms with Crippen molar-refractivity contribution < 1.29 is 4.79 Å². The van der Waals surface area contributed by atoms with Crippen molar-refractivity contribution in [2.45, 2.75) is 19.8 Å². The second-order valence-corrected chi connectivity index (χ2v) is 3.44. The first-order chi connectivity index (χ1) is 6.63. The molecule has 0 bridgehead atoms. The molecule has 78 valence electrons. The lowest BCUT2D eigenvalue weighted by molar-refractivity contribution is -0.115. The number of aromatic amines is 1. The summed E-state index contributed by atoms with van der Waals surface area (Å²) in [5, 5.41) is 12.3. The first-order valence-electron chi connectivity index (χ1n) is 4.63. The Bertz CT molecular complexity index is 306. The first kappa shape index (κ1) is 10.7. The molecule has 1 aromatic heterocycles. The van der Waals surface area contributed by atoms with E-state index in [-0.39, 0.29) is 5.91 Å². The maximum Gasteiger partial charge on any atom is 0.239 e. The summed E-state index contributed by atoms with van der Waals surface area (Å²) in [6.45, 7) is 4.42. The summed E-state index contributed by atoms with van der Waals surface area (Å²) < 4.78 is 0. The summed E-state index contributed by atoms with van der Waals surface area (Å²) in [6, 6.07) is 1.85. The summed E-state index contributed by atoms with van der Waals surface area (Å²) >= 11 is 0. The van der Waals surface area contributed by atoms with E-state index in [9.17, 15) is 4.79 Å². The molecule has 0 saturated carbocycles. The van der Waals surface area contributed by atoms with Crippen LogP contribution in [-0.2, 0) is 4.79 Å². The monoisotopic (exact) mass is 196 g/mol. The minimum absolute atomic E-state index is 0.0886. The van der Waals surface area contributed by atoms with Crippen LogP contribution in [0.1, 0.15) is 25.5 Å². The number of nitrogens with one attached hydrogen (secondary N) is 3. The van der Waals surface area contributed by atoms with Crippen molar-refractivity contribution in [2.24, 2.45) is 0 Å². The molecule has 0 radical (unpaired) electrons. The van der Waals surface area contributed by atoms with E-state index in [4.69, 9.17) is 0 Å². The molecule has 1 aromatic rings. The zero-order valence-electron chi connectivity index (χ0n) is 8.72. The number of hydrogen-bond acceptors (Lipinski definition) is 3. The fraction of sp³-hybridized carbons (Fsp3) is 0.556. The van der Waals surface area contributed by atoms with E-state index in [1.54, 1.807) is 7.05 Å². The average Bonchev–Trinajstić information content (AvgIpc) is 2.53. The number of amides is 1. The van der Waals surface area contributed by atoms with Crippen LogP contribution in [-0.4, -0.2) is 29.7 Å². The lowest BCUT2D eigenvalue weighted by Crippen LogP contribution is -2.25. The van der Waals surface area contributed by atoms with Crippen LogP contribution in [0.5, 0.6) is 0 Å². The second kappa shape index (κ2) is 4.76. The highest BCUT2D eigenvalue weighted by molar-refractivity contribution is 5.91. The molecule has 0 spiro atoms. The minimum Gasteiger partial charge on any atom is -0.311 e. The number of aromatic nitrogens is 2. The fourth-order valence-corrected chi connectivity index (χ4v) is 1.04. The van der Waals surface area contributed by atoms with Crippen molar-refractivity contribution in [1.82, 2.24) is 15.5 Å². The van der Waals surface area contributed by atoms with Crippen molar-refractivity contribution in [3.63, 3.8) is 0 Å². The highest BCUT2D eigenvalue weighted by Crippen LogP contribution is 2.14. The van der Waals surface area contributed by atoms with E-state index in [0.29, 0.717) is 18.3 Å². The highest BCUT2D eigenvalue weighted by atomic mass is 16.1. The van der Waals surface area contributed by atoms with Gasteiger partial charge in [0.1, 0.15) is 0 Å². The Morgan fingerprint density at radius 1 is 1.64 bits per heavy atom. The lowest BCUT2D eigenvalue weighted by Gasteiger charge is -1.99. The third-order valence-corrected chi connectivity index (χ3v) is 1.82. The van der Waals surface area contributed by atoms with E-state index in [0.717, 1.165) is 5.69 Å². The van der Waals surface area contributed by atoms with Gasteiger partial charge in [-0.1, -0.05) is 13.8 Å². The molecular weight excluding hydrogens is 180 g/mol. The van der Waals surface area contributed by atoms with E-state index in [1.807, 2.05) is 6.07 Å². The number of anilines is 1. The van der Waals surface area contributed by atoms with Gasteiger partial charge < -0.3 is 10.6 Å². The number of hydrogen-bond donors (Lipinski definition) is 3. The molecule has 1 rings (SSSR count). The molecule has 1 amide bonds. The smallest absolute Gasteiger partial charge is 0.239 e. The quantitative estimate of drug-likeness (QED) is 0.663. The molecule has 3 N–H and O–H groups in total. The molecule has 5 heteroatoms. The minimum atomic E-state index is -0.0886. The Balaban J connectivity index is 2.55. The summed E-state index contributed by atoms with van der Waals surface area (Å²) in [5.74, 6) is 0.876. The van der Waals surface area contributed by atoms with E-state index in [1.165, 1.54) is 0 Å². The van der Waals surface area contributed by atoms with Crippen LogP contribution in [0.15, 0.2) is 6.07 Å². The summed E-state index contributed by atoms with van der Waals surface area (Å²) in [7, 11) is 1.73. The Hall–Kier alpha value is -1.36. The van der Waals surface area contributed by atoms with Gasteiger partial charge >= 0.3 is 0 Å². The number of carbonyl (C=O) groups is 1. The number of carbonyl (C=O) groups excluding carboxylic acids is 1. The van der Waals surface area contributed by atoms with Gasteiger partial charge in [0.2, 0.25) is 5.91 Å². The van der Waals surface area contributed by atoms with Gasteiger partial charge in [0.15, 0.2) is 5.82 Å². The predicted octanol–water partition coefficient (Wildman–Crippen LogP) is 0.691. The van der Waals surface area contributed by atoms with Gasteiger partial charge in [0.25, 0.3) is 0 Å². The second-order valence-electron chi connectivity index (χ2n) is 3.44. The molecule has 14 heavy (non-hydrogen) atoms. The SMILES string of the molecule is CNCC(=O)Nc1cc(C(C)C)[nH]n1.